The number of unbranched alkanes of at least 4 members (excludes halogenated alkanes) is 1. The summed E-state index contributed by atoms with van der Waals surface area (Å²) in [6, 6.07) is 10.1. The number of nitrogens with zero attached hydrogens (tertiary/aromatic N) is 2. The number of imidazole rings is 1. The molecule has 6 heteroatoms. The Morgan fingerprint density at radius 2 is 2.16 bits per heavy atom. The molecule has 0 aliphatic carbocycles. The van der Waals surface area contributed by atoms with Gasteiger partial charge in [0.1, 0.15) is 5.82 Å². The Hall–Kier alpha value is -1.40. The van der Waals surface area contributed by atoms with E-state index in [0.717, 1.165) is 36.0 Å². The number of hydrogen-bond acceptors (Lipinski definition) is 4. The quantitative estimate of drug-likeness (QED) is 0.522. The molecule has 1 N–H and O–H groups in total. The molecule has 134 valence electrons. The second-order valence-corrected chi connectivity index (χ2v) is 9.02. The van der Waals surface area contributed by atoms with Crippen molar-refractivity contribution in [1.29, 1.82) is 0 Å². The minimum Gasteiger partial charge on any atom is -0.354 e. The van der Waals surface area contributed by atoms with Crippen LogP contribution in [0.4, 0.5) is 0 Å². The molecule has 2 heterocycles. The normalized spacial score (nSPS) is 16.9. The van der Waals surface area contributed by atoms with Crippen LogP contribution in [0.1, 0.15) is 32.1 Å². The van der Waals surface area contributed by atoms with Crippen LogP contribution in [0.2, 0.25) is 0 Å². The van der Waals surface area contributed by atoms with Gasteiger partial charge in [0.25, 0.3) is 0 Å². The lowest BCUT2D eigenvalue weighted by molar-refractivity contribution is -0.121. The summed E-state index contributed by atoms with van der Waals surface area (Å²) in [5.74, 6) is 2.39. The maximum atomic E-state index is 12.0. The first kappa shape index (κ1) is 18.4. The van der Waals surface area contributed by atoms with Gasteiger partial charge in [-0.1, -0.05) is 58.3 Å². The molecule has 2 aromatic rings. The molecule has 1 fully saturated rings. The van der Waals surface area contributed by atoms with Crippen molar-refractivity contribution < 1.29 is 4.79 Å². The van der Waals surface area contributed by atoms with Crippen molar-refractivity contribution in [3.8, 4) is 11.4 Å². The highest BCUT2D eigenvalue weighted by Gasteiger charge is 2.15. The van der Waals surface area contributed by atoms with E-state index in [4.69, 9.17) is 0 Å². The SMILES string of the molecule is O=C(CCCCC1CCSS1)NCCn1ccnc1-c1ccccc1. The van der Waals surface area contributed by atoms with Crippen molar-refractivity contribution in [2.24, 2.45) is 0 Å². The van der Waals surface area contributed by atoms with E-state index in [1.54, 1.807) is 0 Å². The molecule has 1 atom stereocenters. The Bertz CT molecular complexity index is 654. The van der Waals surface area contributed by atoms with E-state index in [2.05, 4.69) is 27.0 Å². The van der Waals surface area contributed by atoms with Gasteiger partial charge in [0.15, 0.2) is 0 Å². The van der Waals surface area contributed by atoms with Crippen LogP contribution in [0, 0.1) is 0 Å². The van der Waals surface area contributed by atoms with Crippen molar-refractivity contribution in [1.82, 2.24) is 14.9 Å². The summed E-state index contributed by atoms with van der Waals surface area (Å²) in [7, 11) is 4.01. The molecular formula is C19H25N3OS2. The molecule has 4 nitrogen and oxygen atoms in total. The second kappa shape index (κ2) is 9.92. The van der Waals surface area contributed by atoms with Crippen LogP contribution in [0.15, 0.2) is 42.7 Å². The summed E-state index contributed by atoms with van der Waals surface area (Å²) in [6.45, 7) is 1.38. The van der Waals surface area contributed by atoms with Crippen LogP contribution in [-0.4, -0.2) is 33.0 Å². The summed E-state index contributed by atoms with van der Waals surface area (Å²) in [4.78, 5) is 16.4. The lowest BCUT2D eigenvalue weighted by Crippen LogP contribution is -2.27. The van der Waals surface area contributed by atoms with Crippen LogP contribution in [0.3, 0.4) is 0 Å². The van der Waals surface area contributed by atoms with Gasteiger partial charge in [-0.2, -0.15) is 0 Å². The van der Waals surface area contributed by atoms with Gasteiger partial charge >= 0.3 is 0 Å². The number of carbonyl (C=O) groups is 1. The topological polar surface area (TPSA) is 46.9 Å². The molecular weight excluding hydrogens is 350 g/mol. The predicted molar refractivity (Wildman–Crippen MR) is 108 cm³/mol. The predicted octanol–water partition coefficient (Wildman–Crippen LogP) is 4.38. The van der Waals surface area contributed by atoms with E-state index >= 15 is 0 Å². The molecule has 1 aromatic heterocycles. The van der Waals surface area contributed by atoms with Crippen LogP contribution in [-0.2, 0) is 11.3 Å². The van der Waals surface area contributed by atoms with Crippen molar-refractivity contribution in [3.05, 3.63) is 42.7 Å². The molecule has 1 amide bonds. The first-order valence-corrected chi connectivity index (χ1v) is 11.3. The number of nitrogens with one attached hydrogen (secondary N) is 1. The van der Waals surface area contributed by atoms with Crippen LogP contribution < -0.4 is 5.32 Å². The highest BCUT2D eigenvalue weighted by molar-refractivity contribution is 8.77. The highest BCUT2D eigenvalue weighted by Crippen LogP contribution is 2.39. The third kappa shape index (κ3) is 5.82. The Morgan fingerprint density at radius 3 is 2.96 bits per heavy atom. The molecule has 0 radical (unpaired) electrons. The molecule has 1 aromatic carbocycles. The van der Waals surface area contributed by atoms with Gasteiger partial charge in [-0.15, -0.1) is 0 Å². The Balaban J connectivity index is 1.34. The summed E-state index contributed by atoms with van der Waals surface area (Å²) >= 11 is 0. The standard InChI is InChI=1S/C19H25N3OS2/c23-18(9-5-4-8-17-10-15-24-25-17)20-11-13-22-14-12-21-19(22)16-6-2-1-3-7-16/h1-3,6-7,12,14,17H,4-5,8-11,13,15H2,(H,20,23). The number of hydrogen-bond donors (Lipinski definition) is 1. The van der Waals surface area contributed by atoms with Gasteiger partial charge in [0.2, 0.25) is 5.91 Å². The van der Waals surface area contributed by atoms with Crippen molar-refractivity contribution in [2.45, 2.75) is 43.9 Å². The third-order valence-electron chi connectivity index (χ3n) is 4.33. The van der Waals surface area contributed by atoms with E-state index in [9.17, 15) is 4.79 Å². The van der Waals surface area contributed by atoms with Crippen LogP contribution >= 0.6 is 21.6 Å². The van der Waals surface area contributed by atoms with Gasteiger partial charge < -0.3 is 9.88 Å². The Morgan fingerprint density at radius 1 is 1.28 bits per heavy atom. The summed E-state index contributed by atoms with van der Waals surface area (Å²) in [5, 5.41) is 3.84. The molecule has 1 unspecified atom stereocenters. The fourth-order valence-corrected chi connectivity index (χ4v) is 5.99. The lowest BCUT2D eigenvalue weighted by Gasteiger charge is -2.10. The van der Waals surface area contributed by atoms with E-state index < -0.39 is 0 Å². The van der Waals surface area contributed by atoms with Gasteiger partial charge in [-0.05, 0) is 19.3 Å². The van der Waals surface area contributed by atoms with Gasteiger partial charge in [-0.3, -0.25) is 4.79 Å². The number of amides is 1. The van der Waals surface area contributed by atoms with E-state index in [-0.39, 0.29) is 5.91 Å². The first-order valence-electron chi connectivity index (χ1n) is 8.94. The number of rotatable bonds is 9. The Labute approximate surface area is 157 Å². The zero-order chi connectivity index (χ0) is 17.3. The Kier molecular flexibility index (Phi) is 7.30. The average molecular weight is 376 g/mol. The zero-order valence-electron chi connectivity index (χ0n) is 14.4. The molecule has 0 spiro atoms. The van der Waals surface area contributed by atoms with Gasteiger partial charge in [0, 0.05) is 48.5 Å². The number of carbonyl (C=O) groups excluding carboxylic acids is 1. The summed E-state index contributed by atoms with van der Waals surface area (Å²) in [5.41, 5.74) is 1.10. The molecule has 0 saturated carbocycles. The molecule has 1 saturated heterocycles. The van der Waals surface area contributed by atoms with Crippen LogP contribution in [0.25, 0.3) is 11.4 Å². The van der Waals surface area contributed by atoms with Crippen molar-refractivity contribution in [2.75, 3.05) is 12.3 Å². The maximum absolute atomic E-state index is 12.0. The fourth-order valence-electron chi connectivity index (χ4n) is 2.96. The second-order valence-electron chi connectivity index (χ2n) is 6.23. The van der Waals surface area contributed by atoms with Gasteiger partial charge in [-0.25, -0.2) is 4.98 Å². The summed E-state index contributed by atoms with van der Waals surface area (Å²) in [6.07, 6.45) is 9.14. The van der Waals surface area contributed by atoms with Gasteiger partial charge in [0.05, 0.1) is 0 Å². The lowest BCUT2D eigenvalue weighted by atomic mass is 10.1. The highest BCUT2D eigenvalue weighted by atomic mass is 33.1. The molecule has 1 aliphatic heterocycles. The summed E-state index contributed by atoms with van der Waals surface area (Å²) < 4.78 is 2.09. The molecule has 1 aliphatic rings. The minimum absolute atomic E-state index is 0.162. The van der Waals surface area contributed by atoms with E-state index in [1.807, 2.05) is 52.2 Å². The monoisotopic (exact) mass is 375 g/mol. The minimum atomic E-state index is 0.162. The fraction of sp³-hybridized carbons (Fsp3) is 0.474. The number of benzene rings is 1. The average Bonchev–Trinajstić information content (AvgIpc) is 3.31. The maximum Gasteiger partial charge on any atom is 0.220 e. The largest absolute Gasteiger partial charge is 0.354 e. The van der Waals surface area contributed by atoms with Crippen LogP contribution in [0.5, 0.6) is 0 Å². The third-order valence-corrected chi connectivity index (χ3v) is 7.34. The first-order chi connectivity index (χ1) is 12.3. The van der Waals surface area contributed by atoms with Crippen molar-refractivity contribution in [3.63, 3.8) is 0 Å². The van der Waals surface area contributed by atoms with E-state index in [1.165, 1.54) is 18.6 Å². The van der Waals surface area contributed by atoms with E-state index in [0.29, 0.717) is 13.0 Å². The molecule has 25 heavy (non-hydrogen) atoms. The van der Waals surface area contributed by atoms with Crippen molar-refractivity contribution >= 4 is 27.5 Å². The zero-order valence-corrected chi connectivity index (χ0v) is 16.0. The smallest absolute Gasteiger partial charge is 0.220 e. The molecule has 0 bridgehead atoms. The molecule has 3 rings (SSSR count). The number of aromatic nitrogens is 2.